The number of piperazine rings is 1. The van der Waals surface area contributed by atoms with Gasteiger partial charge in [-0.1, -0.05) is 23.7 Å². The van der Waals surface area contributed by atoms with Crippen LogP contribution in [0.2, 0.25) is 5.02 Å². The molecule has 1 aromatic carbocycles. The maximum atomic E-state index is 12.4. The number of aromatic nitrogens is 2. The second-order valence-electron chi connectivity index (χ2n) is 6.05. The van der Waals surface area contributed by atoms with Crippen molar-refractivity contribution in [2.24, 2.45) is 0 Å². The van der Waals surface area contributed by atoms with Gasteiger partial charge in [-0.05, 0) is 17.7 Å². The van der Waals surface area contributed by atoms with Crippen LogP contribution in [0.4, 0.5) is 5.69 Å². The molecule has 0 bridgehead atoms. The van der Waals surface area contributed by atoms with Gasteiger partial charge in [0.2, 0.25) is 5.91 Å². The molecule has 26 heavy (non-hydrogen) atoms. The fourth-order valence-corrected chi connectivity index (χ4v) is 3.58. The van der Waals surface area contributed by atoms with Crippen molar-refractivity contribution in [3.8, 4) is 0 Å². The zero-order valence-electron chi connectivity index (χ0n) is 14.0. The number of anilines is 1. The fraction of sp³-hybridized carbons (Fsp3) is 0.312. The van der Waals surface area contributed by atoms with Crippen LogP contribution < -0.4 is 10.5 Å². The Hall–Kier alpha value is -2.39. The summed E-state index contributed by atoms with van der Waals surface area (Å²) in [5.74, 6) is -0.111. The molecule has 10 heteroatoms. The van der Waals surface area contributed by atoms with Crippen LogP contribution in [0.15, 0.2) is 40.2 Å². The summed E-state index contributed by atoms with van der Waals surface area (Å²) >= 11 is 5.99. The highest BCUT2D eigenvalue weighted by Gasteiger charge is 2.26. The lowest BCUT2D eigenvalue weighted by molar-refractivity contribution is -0.131. The minimum atomic E-state index is -3.24. The Balaban J connectivity index is 1.69. The van der Waals surface area contributed by atoms with Gasteiger partial charge in [0, 0.05) is 25.9 Å². The van der Waals surface area contributed by atoms with Crippen LogP contribution in [0, 0.1) is 0 Å². The standard InChI is InChI=1S/C16H17ClN4O4S/c1-26(24,25)12-4-2-11(3-5-12)9-21-7-6-20(10-14(21)22)13-8-18-19-16(23)15(13)17/h2-5,8H,6-7,9-10H2,1H3,(H,19,23). The van der Waals surface area contributed by atoms with Gasteiger partial charge < -0.3 is 9.80 Å². The van der Waals surface area contributed by atoms with Gasteiger partial charge >= 0.3 is 0 Å². The highest BCUT2D eigenvalue weighted by molar-refractivity contribution is 7.90. The summed E-state index contributed by atoms with van der Waals surface area (Å²) in [4.78, 5) is 27.6. The molecule has 2 heterocycles. The van der Waals surface area contributed by atoms with Crippen molar-refractivity contribution >= 4 is 33.0 Å². The molecule has 0 unspecified atom stereocenters. The fourth-order valence-electron chi connectivity index (χ4n) is 2.74. The summed E-state index contributed by atoms with van der Waals surface area (Å²) in [5, 5.41) is 5.98. The number of amides is 1. The Labute approximate surface area is 155 Å². The van der Waals surface area contributed by atoms with E-state index in [4.69, 9.17) is 11.6 Å². The van der Waals surface area contributed by atoms with Crippen molar-refractivity contribution < 1.29 is 13.2 Å². The van der Waals surface area contributed by atoms with Crippen LogP contribution in [0.3, 0.4) is 0 Å². The van der Waals surface area contributed by atoms with Crippen molar-refractivity contribution in [3.63, 3.8) is 0 Å². The number of rotatable bonds is 4. The summed E-state index contributed by atoms with van der Waals surface area (Å²) < 4.78 is 23.0. The molecule has 3 rings (SSSR count). The zero-order chi connectivity index (χ0) is 18.9. The first-order valence-electron chi connectivity index (χ1n) is 7.80. The molecule has 0 saturated carbocycles. The topological polar surface area (TPSA) is 103 Å². The van der Waals surface area contributed by atoms with Crippen LogP contribution in [-0.2, 0) is 21.2 Å². The molecule has 1 saturated heterocycles. The molecule has 0 radical (unpaired) electrons. The van der Waals surface area contributed by atoms with Gasteiger partial charge in [0.15, 0.2) is 9.84 Å². The molecule has 138 valence electrons. The number of nitrogens with one attached hydrogen (secondary N) is 1. The van der Waals surface area contributed by atoms with E-state index in [9.17, 15) is 18.0 Å². The lowest BCUT2D eigenvalue weighted by atomic mass is 10.2. The SMILES string of the molecule is CS(=O)(=O)c1ccc(CN2CCN(c3cn[nH]c(=O)c3Cl)CC2=O)cc1. The lowest BCUT2D eigenvalue weighted by Gasteiger charge is -2.35. The molecule has 0 atom stereocenters. The van der Waals surface area contributed by atoms with E-state index in [0.29, 0.717) is 25.3 Å². The second kappa shape index (κ2) is 7.08. The Morgan fingerprint density at radius 2 is 1.88 bits per heavy atom. The maximum absolute atomic E-state index is 12.4. The molecule has 1 amide bonds. The van der Waals surface area contributed by atoms with Crippen LogP contribution in [0.1, 0.15) is 5.56 Å². The van der Waals surface area contributed by atoms with E-state index in [2.05, 4.69) is 10.2 Å². The molecule has 1 N–H and O–H groups in total. The molecule has 0 spiro atoms. The summed E-state index contributed by atoms with van der Waals surface area (Å²) in [6, 6.07) is 6.47. The van der Waals surface area contributed by atoms with E-state index < -0.39 is 15.4 Å². The van der Waals surface area contributed by atoms with Crippen LogP contribution in [0.25, 0.3) is 0 Å². The van der Waals surface area contributed by atoms with Crippen molar-refractivity contribution in [2.75, 3.05) is 30.8 Å². The minimum absolute atomic E-state index is 0.0117. The molecule has 1 aromatic heterocycles. The summed E-state index contributed by atoms with van der Waals surface area (Å²) in [5.41, 5.74) is 0.779. The van der Waals surface area contributed by atoms with Crippen LogP contribution in [0.5, 0.6) is 0 Å². The number of nitrogens with zero attached hydrogens (tertiary/aromatic N) is 3. The number of halogens is 1. The van der Waals surface area contributed by atoms with Gasteiger partial charge in [0.05, 0.1) is 23.3 Å². The molecule has 2 aromatic rings. The van der Waals surface area contributed by atoms with Crippen molar-refractivity contribution in [3.05, 3.63) is 51.4 Å². The van der Waals surface area contributed by atoms with Crippen LogP contribution >= 0.6 is 11.6 Å². The third-order valence-corrected chi connectivity index (χ3v) is 5.66. The molecule has 1 fully saturated rings. The smallest absolute Gasteiger partial charge is 0.285 e. The predicted octanol–water partition coefficient (Wildman–Crippen LogP) is 0.676. The molecule has 1 aliphatic heterocycles. The van der Waals surface area contributed by atoms with Gasteiger partial charge in [0.1, 0.15) is 5.02 Å². The summed E-state index contributed by atoms with van der Waals surface area (Å²) in [6.45, 7) is 1.44. The van der Waals surface area contributed by atoms with Gasteiger partial charge in [-0.2, -0.15) is 5.10 Å². The summed E-state index contributed by atoms with van der Waals surface area (Å²) in [6.07, 6.45) is 2.58. The van der Waals surface area contributed by atoms with Crippen molar-refractivity contribution in [1.29, 1.82) is 0 Å². The van der Waals surface area contributed by atoms with E-state index in [-0.39, 0.29) is 22.4 Å². The normalized spacial score (nSPS) is 15.4. The lowest BCUT2D eigenvalue weighted by Crippen LogP contribution is -2.50. The first kappa shape index (κ1) is 18.4. The molecule has 1 aliphatic rings. The number of carbonyl (C=O) groups is 1. The number of sulfone groups is 1. The number of hydrogen-bond acceptors (Lipinski definition) is 6. The Bertz CT molecular complexity index is 988. The minimum Gasteiger partial charge on any atom is -0.358 e. The number of hydrogen-bond donors (Lipinski definition) is 1. The van der Waals surface area contributed by atoms with E-state index in [1.54, 1.807) is 21.9 Å². The predicted molar refractivity (Wildman–Crippen MR) is 97.0 cm³/mol. The van der Waals surface area contributed by atoms with E-state index in [1.165, 1.54) is 18.3 Å². The molecular weight excluding hydrogens is 380 g/mol. The first-order valence-corrected chi connectivity index (χ1v) is 10.1. The number of H-pyrrole nitrogens is 1. The third-order valence-electron chi connectivity index (χ3n) is 4.16. The van der Waals surface area contributed by atoms with E-state index in [1.807, 2.05) is 0 Å². The van der Waals surface area contributed by atoms with Crippen molar-refractivity contribution in [1.82, 2.24) is 15.1 Å². The largest absolute Gasteiger partial charge is 0.358 e. The first-order chi connectivity index (χ1) is 12.3. The van der Waals surface area contributed by atoms with E-state index >= 15 is 0 Å². The Morgan fingerprint density at radius 3 is 2.50 bits per heavy atom. The Morgan fingerprint density at radius 1 is 1.19 bits per heavy atom. The number of benzene rings is 1. The number of carbonyl (C=O) groups excluding carboxylic acids is 1. The van der Waals surface area contributed by atoms with E-state index in [0.717, 1.165) is 11.8 Å². The quantitative estimate of drug-likeness (QED) is 0.814. The Kier molecular flexibility index (Phi) is 5.01. The van der Waals surface area contributed by atoms with Crippen LogP contribution in [-0.4, -0.2) is 55.3 Å². The van der Waals surface area contributed by atoms with Gasteiger partial charge in [0.25, 0.3) is 5.56 Å². The summed E-state index contributed by atoms with van der Waals surface area (Å²) in [7, 11) is -3.24. The highest BCUT2D eigenvalue weighted by Crippen LogP contribution is 2.22. The van der Waals surface area contributed by atoms with Gasteiger partial charge in [-0.15, -0.1) is 0 Å². The highest BCUT2D eigenvalue weighted by atomic mass is 35.5. The third kappa shape index (κ3) is 3.88. The molecule has 0 aliphatic carbocycles. The van der Waals surface area contributed by atoms with Gasteiger partial charge in [-0.3, -0.25) is 9.59 Å². The average Bonchev–Trinajstić information content (AvgIpc) is 2.59. The van der Waals surface area contributed by atoms with Crippen molar-refractivity contribution in [2.45, 2.75) is 11.4 Å². The molecular formula is C16H17ClN4O4S. The monoisotopic (exact) mass is 396 g/mol. The zero-order valence-corrected chi connectivity index (χ0v) is 15.5. The number of aromatic amines is 1. The molecule has 8 nitrogen and oxygen atoms in total. The van der Waals surface area contributed by atoms with Gasteiger partial charge in [-0.25, -0.2) is 13.5 Å². The second-order valence-corrected chi connectivity index (χ2v) is 8.45. The maximum Gasteiger partial charge on any atom is 0.285 e. The average molecular weight is 397 g/mol.